The highest BCUT2D eigenvalue weighted by Crippen LogP contribution is 2.21. The molecule has 0 unspecified atom stereocenters. The van der Waals surface area contributed by atoms with Crippen molar-refractivity contribution in [2.75, 3.05) is 17.1 Å². The van der Waals surface area contributed by atoms with E-state index < -0.39 is 21.9 Å². The highest BCUT2D eigenvalue weighted by Gasteiger charge is 2.28. The van der Waals surface area contributed by atoms with E-state index in [9.17, 15) is 22.4 Å². The van der Waals surface area contributed by atoms with Gasteiger partial charge < -0.3 is 10.2 Å². The predicted molar refractivity (Wildman–Crippen MR) is 147 cm³/mol. The van der Waals surface area contributed by atoms with Crippen molar-refractivity contribution in [3.05, 3.63) is 64.4 Å². The van der Waals surface area contributed by atoms with Crippen LogP contribution in [0.5, 0.6) is 0 Å². The summed E-state index contributed by atoms with van der Waals surface area (Å²) < 4.78 is 40.1. The molecule has 2 aromatic carbocycles. The zero-order valence-corrected chi connectivity index (χ0v) is 23.7. The molecule has 1 saturated carbocycles. The minimum atomic E-state index is -3.63. The lowest BCUT2D eigenvalue weighted by Crippen LogP contribution is -2.50. The second-order valence-electron chi connectivity index (χ2n) is 9.59. The Morgan fingerprint density at radius 2 is 1.78 bits per heavy atom. The number of rotatable bonds is 11. The minimum Gasteiger partial charge on any atom is -0.352 e. The molecule has 0 aliphatic heterocycles. The Kier molecular flexibility index (Phi) is 10.5. The average molecular weight is 597 g/mol. The number of carbonyl (C=O) groups excluding carboxylic acids is 2. The maximum atomic E-state index is 13.4. The Labute approximate surface area is 227 Å². The van der Waals surface area contributed by atoms with E-state index in [4.69, 9.17) is 0 Å². The molecule has 0 bridgehead atoms. The SMILES string of the molecule is C[C@@H](C(=O)NC1CCCCC1)N(Cc1cccc(Br)c1)C(=O)CCCN(c1ccc(F)cc1)S(C)(=O)=O. The fourth-order valence-electron chi connectivity index (χ4n) is 4.59. The van der Waals surface area contributed by atoms with Crippen LogP contribution in [0.3, 0.4) is 0 Å². The van der Waals surface area contributed by atoms with Gasteiger partial charge in [0.1, 0.15) is 11.9 Å². The van der Waals surface area contributed by atoms with Crippen LogP contribution >= 0.6 is 15.9 Å². The third-order valence-electron chi connectivity index (χ3n) is 6.63. The summed E-state index contributed by atoms with van der Waals surface area (Å²) in [6, 6.07) is 12.2. The quantitative estimate of drug-likeness (QED) is 0.396. The summed E-state index contributed by atoms with van der Waals surface area (Å²) in [6.45, 7) is 2.05. The summed E-state index contributed by atoms with van der Waals surface area (Å²) in [6.07, 6.45) is 6.63. The third-order valence-corrected chi connectivity index (χ3v) is 8.31. The molecule has 1 N–H and O–H groups in total. The zero-order chi connectivity index (χ0) is 27.0. The van der Waals surface area contributed by atoms with Gasteiger partial charge in [0.25, 0.3) is 0 Å². The van der Waals surface area contributed by atoms with Crippen LogP contribution < -0.4 is 9.62 Å². The van der Waals surface area contributed by atoms with Crippen LogP contribution in [0.25, 0.3) is 0 Å². The standard InChI is InChI=1S/C27H35BrFN3O4S/c1-20(27(34)30-24-10-4-3-5-11-24)31(19-21-8-6-9-22(28)18-21)26(33)12-7-17-32(37(2,35)36)25-15-13-23(29)14-16-25/h6,8-9,13-16,18,20,24H,3-5,7,10-12,17,19H2,1-2H3,(H,30,34)/t20-/m0/s1. The summed E-state index contributed by atoms with van der Waals surface area (Å²) in [5.41, 5.74) is 1.21. The highest BCUT2D eigenvalue weighted by atomic mass is 79.9. The largest absolute Gasteiger partial charge is 0.352 e. The number of sulfonamides is 1. The Morgan fingerprint density at radius 3 is 2.41 bits per heavy atom. The molecule has 1 aliphatic rings. The zero-order valence-electron chi connectivity index (χ0n) is 21.3. The molecule has 10 heteroatoms. The lowest BCUT2D eigenvalue weighted by atomic mass is 9.95. The molecule has 2 amide bonds. The van der Waals surface area contributed by atoms with Gasteiger partial charge in [0.15, 0.2) is 0 Å². The number of amides is 2. The van der Waals surface area contributed by atoms with Crippen LogP contribution in [0.2, 0.25) is 0 Å². The fourth-order valence-corrected chi connectivity index (χ4v) is 6.01. The van der Waals surface area contributed by atoms with Crippen LogP contribution in [0.4, 0.5) is 10.1 Å². The molecule has 0 spiro atoms. The van der Waals surface area contributed by atoms with E-state index in [0.717, 1.165) is 46.3 Å². The summed E-state index contributed by atoms with van der Waals surface area (Å²) in [5.74, 6) is -0.880. The van der Waals surface area contributed by atoms with Crippen molar-refractivity contribution in [3.63, 3.8) is 0 Å². The van der Waals surface area contributed by atoms with Crippen LogP contribution in [-0.2, 0) is 26.2 Å². The third kappa shape index (κ3) is 8.81. The van der Waals surface area contributed by atoms with Gasteiger partial charge in [-0.3, -0.25) is 13.9 Å². The molecule has 1 aliphatic carbocycles. The molecule has 3 rings (SSSR count). The van der Waals surface area contributed by atoms with E-state index in [0.29, 0.717) is 5.69 Å². The summed E-state index contributed by atoms with van der Waals surface area (Å²) in [4.78, 5) is 28.1. The van der Waals surface area contributed by atoms with Crippen molar-refractivity contribution in [2.45, 2.75) is 70.5 Å². The van der Waals surface area contributed by atoms with Gasteiger partial charge >= 0.3 is 0 Å². The number of nitrogens with one attached hydrogen (secondary N) is 1. The molecule has 0 aromatic heterocycles. The Bertz CT molecular complexity index is 1170. The predicted octanol–water partition coefficient (Wildman–Crippen LogP) is 5.00. The molecule has 202 valence electrons. The molecule has 2 aromatic rings. The normalized spacial score (nSPS) is 15.1. The van der Waals surface area contributed by atoms with E-state index in [1.165, 1.54) is 30.7 Å². The first kappa shape index (κ1) is 29.1. The smallest absolute Gasteiger partial charge is 0.242 e. The number of hydrogen-bond donors (Lipinski definition) is 1. The van der Waals surface area contributed by atoms with Gasteiger partial charge in [-0.1, -0.05) is 47.3 Å². The van der Waals surface area contributed by atoms with Gasteiger partial charge in [-0.05, 0) is 68.1 Å². The van der Waals surface area contributed by atoms with E-state index in [1.54, 1.807) is 11.8 Å². The van der Waals surface area contributed by atoms with Gasteiger partial charge in [0.2, 0.25) is 21.8 Å². The molecule has 37 heavy (non-hydrogen) atoms. The van der Waals surface area contributed by atoms with Crippen LogP contribution in [0.15, 0.2) is 53.0 Å². The van der Waals surface area contributed by atoms with Crippen molar-refractivity contribution in [2.24, 2.45) is 0 Å². The lowest BCUT2D eigenvalue weighted by molar-refractivity contribution is -0.141. The fraction of sp³-hybridized carbons (Fsp3) is 0.481. The number of nitrogens with zero attached hydrogens (tertiary/aromatic N) is 2. The molecular formula is C27H35BrFN3O4S. The van der Waals surface area contributed by atoms with Gasteiger partial charge in [-0.15, -0.1) is 0 Å². The first-order valence-electron chi connectivity index (χ1n) is 12.6. The molecule has 0 heterocycles. The van der Waals surface area contributed by atoms with Crippen molar-refractivity contribution in [1.29, 1.82) is 0 Å². The first-order valence-corrected chi connectivity index (χ1v) is 15.3. The average Bonchev–Trinajstić information content (AvgIpc) is 2.85. The number of carbonyl (C=O) groups is 2. The van der Waals surface area contributed by atoms with Gasteiger partial charge in [-0.25, -0.2) is 12.8 Å². The first-order chi connectivity index (χ1) is 17.5. The monoisotopic (exact) mass is 595 g/mol. The minimum absolute atomic E-state index is 0.0578. The van der Waals surface area contributed by atoms with Crippen LogP contribution in [-0.4, -0.2) is 50.0 Å². The van der Waals surface area contributed by atoms with Gasteiger partial charge in [0, 0.05) is 30.0 Å². The molecule has 1 atom stereocenters. The molecule has 0 radical (unpaired) electrons. The Hall–Kier alpha value is -2.46. The number of anilines is 1. The lowest BCUT2D eigenvalue weighted by Gasteiger charge is -2.31. The second kappa shape index (κ2) is 13.4. The van der Waals surface area contributed by atoms with E-state index in [1.807, 2.05) is 24.3 Å². The van der Waals surface area contributed by atoms with Gasteiger partial charge in [-0.2, -0.15) is 0 Å². The van der Waals surface area contributed by atoms with E-state index in [-0.39, 0.29) is 43.8 Å². The van der Waals surface area contributed by atoms with Gasteiger partial charge in [0.05, 0.1) is 11.9 Å². The molecular weight excluding hydrogens is 561 g/mol. The molecule has 0 saturated heterocycles. The van der Waals surface area contributed by atoms with Crippen molar-refractivity contribution in [3.8, 4) is 0 Å². The highest BCUT2D eigenvalue weighted by molar-refractivity contribution is 9.10. The van der Waals surface area contributed by atoms with E-state index in [2.05, 4.69) is 21.2 Å². The summed E-state index contributed by atoms with van der Waals surface area (Å²) in [5, 5.41) is 3.11. The maximum Gasteiger partial charge on any atom is 0.242 e. The summed E-state index contributed by atoms with van der Waals surface area (Å²) in [7, 11) is -3.63. The van der Waals surface area contributed by atoms with Crippen LogP contribution in [0.1, 0.15) is 57.4 Å². The molecule has 7 nitrogen and oxygen atoms in total. The Morgan fingerprint density at radius 1 is 1.11 bits per heavy atom. The number of benzene rings is 2. The van der Waals surface area contributed by atoms with Crippen molar-refractivity contribution >= 4 is 43.5 Å². The second-order valence-corrected chi connectivity index (χ2v) is 12.4. The topological polar surface area (TPSA) is 86.8 Å². The van der Waals surface area contributed by atoms with Crippen LogP contribution in [0, 0.1) is 5.82 Å². The van der Waals surface area contributed by atoms with E-state index >= 15 is 0 Å². The maximum absolute atomic E-state index is 13.4. The van der Waals surface area contributed by atoms with Crippen molar-refractivity contribution in [1.82, 2.24) is 10.2 Å². The number of halogens is 2. The van der Waals surface area contributed by atoms with Crippen molar-refractivity contribution < 1.29 is 22.4 Å². The number of hydrogen-bond acceptors (Lipinski definition) is 4. The summed E-state index contributed by atoms with van der Waals surface area (Å²) >= 11 is 3.46. The molecule has 1 fully saturated rings. The Balaban J connectivity index is 1.71.